The highest BCUT2D eigenvalue weighted by atomic mass is 16.5. The quantitative estimate of drug-likeness (QED) is 0.475. The number of aromatic nitrogens is 1. The highest BCUT2D eigenvalue weighted by Gasteiger charge is 2.22. The molecule has 0 bridgehead atoms. The van der Waals surface area contributed by atoms with Gasteiger partial charge in [0.1, 0.15) is 18.1 Å². The molecule has 0 amide bonds. The van der Waals surface area contributed by atoms with Gasteiger partial charge in [-0.15, -0.1) is 0 Å². The van der Waals surface area contributed by atoms with Crippen LogP contribution in [0.15, 0.2) is 53.3 Å². The van der Waals surface area contributed by atoms with Gasteiger partial charge in [0.25, 0.3) is 5.56 Å². The first kappa shape index (κ1) is 22.9. The summed E-state index contributed by atoms with van der Waals surface area (Å²) in [6, 6.07) is 15.4. The second kappa shape index (κ2) is 10.0. The van der Waals surface area contributed by atoms with Crippen LogP contribution >= 0.6 is 0 Å². The molecule has 3 rings (SSSR count). The molecule has 1 aromatic heterocycles. The third kappa shape index (κ3) is 5.67. The van der Waals surface area contributed by atoms with Crippen molar-refractivity contribution in [3.05, 3.63) is 70.1 Å². The number of benzene rings is 2. The summed E-state index contributed by atoms with van der Waals surface area (Å²) in [5, 5.41) is 11.4. The molecule has 5 heteroatoms. The minimum absolute atomic E-state index is 0.135. The SMILES string of the molecule is CCCCOc1c(CO)n(CC(C)(C)C)c(=O)c2cc(OCc3ccccc3)ccc12. The van der Waals surface area contributed by atoms with E-state index in [9.17, 15) is 9.90 Å². The number of hydrogen-bond acceptors (Lipinski definition) is 4. The molecule has 0 radical (unpaired) electrons. The van der Waals surface area contributed by atoms with E-state index in [1.807, 2.05) is 42.5 Å². The monoisotopic (exact) mass is 423 g/mol. The molecular formula is C26H33NO4. The molecular weight excluding hydrogens is 390 g/mol. The molecule has 0 saturated carbocycles. The summed E-state index contributed by atoms with van der Waals surface area (Å²) in [5.41, 5.74) is 1.32. The number of pyridine rings is 1. The Balaban J connectivity index is 2.08. The fraction of sp³-hybridized carbons (Fsp3) is 0.423. The predicted octanol–water partition coefficient (Wildman–Crippen LogP) is 5.30. The van der Waals surface area contributed by atoms with E-state index in [-0.39, 0.29) is 17.6 Å². The Bertz CT molecular complexity index is 1060. The number of fused-ring (bicyclic) bond motifs is 1. The van der Waals surface area contributed by atoms with Gasteiger partial charge in [0.05, 0.1) is 24.3 Å². The zero-order chi connectivity index (χ0) is 22.4. The molecule has 1 N–H and O–H groups in total. The third-order valence-electron chi connectivity index (χ3n) is 5.07. The number of hydrogen-bond donors (Lipinski definition) is 1. The average molecular weight is 424 g/mol. The molecule has 0 fully saturated rings. The van der Waals surface area contributed by atoms with Crippen LogP contribution in [0.3, 0.4) is 0 Å². The van der Waals surface area contributed by atoms with Gasteiger partial charge in [0.15, 0.2) is 0 Å². The van der Waals surface area contributed by atoms with Crippen molar-refractivity contribution in [1.82, 2.24) is 4.57 Å². The van der Waals surface area contributed by atoms with E-state index in [4.69, 9.17) is 9.47 Å². The first-order chi connectivity index (χ1) is 14.8. The molecule has 0 aliphatic heterocycles. The Morgan fingerprint density at radius 3 is 2.39 bits per heavy atom. The van der Waals surface area contributed by atoms with Crippen molar-refractivity contribution in [3.63, 3.8) is 0 Å². The predicted molar refractivity (Wildman–Crippen MR) is 125 cm³/mol. The van der Waals surface area contributed by atoms with E-state index in [2.05, 4.69) is 27.7 Å². The third-order valence-corrected chi connectivity index (χ3v) is 5.07. The normalized spacial score (nSPS) is 11.6. The van der Waals surface area contributed by atoms with E-state index >= 15 is 0 Å². The number of rotatable bonds is 9. The smallest absolute Gasteiger partial charge is 0.259 e. The standard InChI is InChI=1S/C26H33NO4/c1-5-6-14-30-24-21-13-12-20(31-17-19-10-8-7-9-11-19)15-22(21)25(29)27(23(24)16-28)18-26(2,3)4/h7-13,15,28H,5-6,14,16-18H2,1-4H3. The number of aliphatic hydroxyl groups excluding tert-OH is 1. The Hall–Kier alpha value is -2.79. The molecule has 166 valence electrons. The lowest BCUT2D eigenvalue weighted by Crippen LogP contribution is -2.30. The van der Waals surface area contributed by atoms with E-state index in [1.54, 1.807) is 10.6 Å². The van der Waals surface area contributed by atoms with Gasteiger partial charge in [-0.2, -0.15) is 0 Å². The van der Waals surface area contributed by atoms with Crippen LogP contribution in [-0.4, -0.2) is 16.3 Å². The Morgan fingerprint density at radius 2 is 1.74 bits per heavy atom. The number of nitrogens with zero attached hydrogens (tertiary/aromatic N) is 1. The molecule has 0 spiro atoms. The molecule has 0 atom stereocenters. The van der Waals surface area contributed by atoms with Crippen LogP contribution in [0.2, 0.25) is 0 Å². The fourth-order valence-electron chi connectivity index (χ4n) is 3.55. The summed E-state index contributed by atoms with van der Waals surface area (Å²) in [4.78, 5) is 13.4. The maximum absolute atomic E-state index is 13.4. The maximum Gasteiger partial charge on any atom is 0.259 e. The van der Waals surface area contributed by atoms with Gasteiger partial charge < -0.3 is 19.1 Å². The largest absolute Gasteiger partial charge is 0.491 e. The van der Waals surface area contributed by atoms with E-state index in [0.717, 1.165) is 18.4 Å². The van der Waals surface area contributed by atoms with Crippen molar-refractivity contribution < 1.29 is 14.6 Å². The van der Waals surface area contributed by atoms with Crippen LogP contribution in [0.5, 0.6) is 11.5 Å². The molecule has 0 saturated heterocycles. The van der Waals surface area contributed by atoms with E-state index < -0.39 is 0 Å². The van der Waals surface area contributed by atoms with Crippen molar-refractivity contribution in [2.75, 3.05) is 6.61 Å². The summed E-state index contributed by atoms with van der Waals surface area (Å²) >= 11 is 0. The molecule has 2 aromatic carbocycles. The minimum Gasteiger partial charge on any atom is -0.491 e. The van der Waals surface area contributed by atoms with Crippen LogP contribution in [0.1, 0.15) is 51.8 Å². The van der Waals surface area contributed by atoms with Crippen LogP contribution in [-0.2, 0) is 19.8 Å². The van der Waals surface area contributed by atoms with Crippen molar-refractivity contribution >= 4 is 10.8 Å². The minimum atomic E-state index is -0.255. The number of unbranched alkanes of at least 4 members (excludes halogenated alkanes) is 1. The fourth-order valence-corrected chi connectivity index (χ4v) is 3.55. The summed E-state index contributed by atoms with van der Waals surface area (Å²) < 4.78 is 13.7. The zero-order valence-corrected chi connectivity index (χ0v) is 19.0. The van der Waals surface area contributed by atoms with Crippen LogP contribution in [0.25, 0.3) is 10.8 Å². The summed E-state index contributed by atoms with van der Waals surface area (Å²) in [6.07, 6.45) is 1.91. The summed E-state index contributed by atoms with van der Waals surface area (Å²) in [7, 11) is 0. The van der Waals surface area contributed by atoms with Crippen molar-refractivity contribution in [2.45, 2.75) is 60.3 Å². The lowest BCUT2D eigenvalue weighted by atomic mass is 9.96. The Kier molecular flexibility index (Phi) is 7.39. The summed E-state index contributed by atoms with van der Waals surface area (Å²) in [5.74, 6) is 1.22. The van der Waals surface area contributed by atoms with Gasteiger partial charge in [0.2, 0.25) is 0 Å². The second-order valence-electron chi connectivity index (χ2n) is 9.07. The highest BCUT2D eigenvalue weighted by molar-refractivity contribution is 5.89. The van der Waals surface area contributed by atoms with Crippen molar-refractivity contribution in [1.29, 1.82) is 0 Å². The van der Waals surface area contributed by atoms with Crippen LogP contribution < -0.4 is 15.0 Å². The molecule has 31 heavy (non-hydrogen) atoms. The molecule has 0 aliphatic rings. The van der Waals surface area contributed by atoms with Gasteiger partial charge in [0, 0.05) is 11.9 Å². The van der Waals surface area contributed by atoms with Crippen molar-refractivity contribution in [3.8, 4) is 11.5 Å². The zero-order valence-electron chi connectivity index (χ0n) is 19.0. The van der Waals surface area contributed by atoms with E-state index in [1.165, 1.54) is 0 Å². The average Bonchev–Trinajstić information content (AvgIpc) is 2.75. The first-order valence-corrected chi connectivity index (χ1v) is 10.9. The second-order valence-corrected chi connectivity index (χ2v) is 9.07. The molecule has 0 unspecified atom stereocenters. The topological polar surface area (TPSA) is 60.7 Å². The lowest BCUT2D eigenvalue weighted by molar-refractivity contribution is 0.237. The highest BCUT2D eigenvalue weighted by Crippen LogP contribution is 2.32. The van der Waals surface area contributed by atoms with Gasteiger partial charge in [-0.1, -0.05) is 64.4 Å². The van der Waals surface area contributed by atoms with Gasteiger partial charge in [-0.3, -0.25) is 4.79 Å². The van der Waals surface area contributed by atoms with Crippen LogP contribution in [0.4, 0.5) is 0 Å². The van der Waals surface area contributed by atoms with Gasteiger partial charge in [-0.25, -0.2) is 0 Å². The Labute approximate surface area is 184 Å². The van der Waals surface area contributed by atoms with E-state index in [0.29, 0.717) is 47.7 Å². The maximum atomic E-state index is 13.4. The van der Waals surface area contributed by atoms with Crippen LogP contribution in [0, 0.1) is 5.41 Å². The lowest BCUT2D eigenvalue weighted by Gasteiger charge is -2.25. The first-order valence-electron chi connectivity index (χ1n) is 10.9. The van der Waals surface area contributed by atoms with Gasteiger partial charge >= 0.3 is 0 Å². The number of aliphatic hydroxyl groups is 1. The molecule has 3 aromatic rings. The molecule has 1 heterocycles. The Morgan fingerprint density at radius 1 is 1.00 bits per heavy atom. The van der Waals surface area contributed by atoms with Gasteiger partial charge in [-0.05, 0) is 35.6 Å². The van der Waals surface area contributed by atoms with Crippen molar-refractivity contribution in [2.24, 2.45) is 5.41 Å². The molecule has 5 nitrogen and oxygen atoms in total. The molecule has 0 aliphatic carbocycles. The number of ether oxygens (including phenoxy) is 2. The summed E-state index contributed by atoms with van der Waals surface area (Å²) in [6.45, 7) is 9.51.